The second-order valence-corrected chi connectivity index (χ2v) is 7.31. The van der Waals surface area contributed by atoms with Crippen molar-refractivity contribution in [1.29, 1.82) is 5.26 Å². The minimum Gasteiger partial charge on any atom is -0.462 e. The Morgan fingerprint density at radius 1 is 1.28 bits per heavy atom. The fourth-order valence-corrected chi connectivity index (χ4v) is 3.84. The molecule has 2 rings (SSSR count). The lowest BCUT2D eigenvalue weighted by Crippen LogP contribution is -2.13. The Morgan fingerprint density at radius 3 is 2.56 bits per heavy atom. The zero-order valence-electron chi connectivity index (χ0n) is 14.2. The topological polar surface area (TPSA) is 79.2 Å². The van der Waals surface area contributed by atoms with Crippen LogP contribution in [0.1, 0.15) is 33.3 Å². The van der Waals surface area contributed by atoms with E-state index in [-0.39, 0.29) is 18.3 Å². The number of aryl methyl sites for hydroxylation is 1. The summed E-state index contributed by atoms with van der Waals surface area (Å²) < 4.78 is 4.99. The third kappa shape index (κ3) is 4.84. The van der Waals surface area contributed by atoms with Crippen molar-refractivity contribution in [2.75, 3.05) is 17.7 Å². The molecule has 0 unspecified atom stereocenters. The molecule has 5 nitrogen and oxygen atoms in total. The largest absolute Gasteiger partial charge is 0.462 e. The summed E-state index contributed by atoms with van der Waals surface area (Å²) in [5.41, 5.74) is 2.00. The normalized spacial score (nSPS) is 10.2. The molecule has 25 heavy (non-hydrogen) atoms. The molecule has 7 heteroatoms. The monoisotopic (exact) mass is 374 g/mol. The quantitative estimate of drug-likeness (QED) is 0.607. The SMILES string of the molecule is CCOC(=O)c1sc(NC(=O)CSc2ccc(C)cc2)c(C#N)c1C. The summed E-state index contributed by atoms with van der Waals surface area (Å²) in [5, 5.41) is 12.4. The average Bonchev–Trinajstić information content (AvgIpc) is 2.90. The highest BCUT2D eigenvalue weighted by Crippen LogP contribution is 2.33. The van der Waals surface area contributed by atoms with Gasteiger partial charge in [0.15, 0.2) is 0 Å². The molecule has 0 atom stereocenters. The van der Waals surface area contributed by atoms with Gasteiger partial charge in [-0.15, -0.1) is 23.1 Å². The summed E-state index contributed by atoms with van der Waals surface area (Å²) >= 11 is 2.49. The zero-order chi connectivity index (χ0) is 18.4. The van der Waals surface area contributed by atoms with Gasteiger partial charge in [0, 0.05) is 4.90 Å². The molecule has 0 spiro atoms. The standard InChI is InChI=1S/C18H18N2O3S2/c1-4-23-18(22)16-12(3)14(9-19)17(25-16)20-15(21)10-24-13-7-5-11(2)6-8-13/h5-8H,4,10H2,1-3H3,(H,20,21). The van der Waals surface area contributed by atoms with Gasteiger partial charge in [0.05, 0.1) is 17.9 Å². The Hall–Kier alpha value is -2.30. The molecule has 0 aliphatic carbocycles. The average molecular weight is 374 g/mol. The lowest BCUT2D eigenvalue weighted by Gasteiger charge is -2.04. The van der Waals surface area contributed by atoms with E-state index in [9.17, 15) is 14.9 Å². The maximum atomic E-state index is 12.2. The number of carbonyl (C=O) groups is 2. The van der Waals surface area contributed by atoms with E-state index in [1.165, 1.54) is 11.8 Å². The van der Waals surface area contributed by atoms with Crippen molar-refractivity contribution in [1.82, 2.24) is 0 Å². The molecule has 0 aliphatic heterocycles. The molecule has 1 aromatic carbocycles. The first-order valence-corrected chi connectivity index (χ1v) is 9.46. The van der Waals surface area contributed by atoms with E-state index >= 15 is 0 Å². The van der Waals surface area contributed by atoms with Crippen LogP contribution in [-0.4, -0.2) is 24.2 Å². The van der Waals surface area contributed by atoms with Gasteiger partial charge in [-0.3, -0.25) is 4.79 Å². The molecule has 0 bridgehead atoms. The fourth-order valence-electron chi connectivity index (χ4n) is 2.07. The predicted octanol–water partition coefficient (Wildman–Crippen LogP) is 4.14. The first-order valence-electron chi connectivity index (χ1n) is 7.66. The van der Waals surface area contributed by atoms with Gasteiger partial charge in [0.2, 0.25) is 5.91 Å². The number of nitrogens with zero attached hydrogens (tertiary/aromatic N) is 1. The lowest BCUT2D eigenvalue weighted by atomic mass is 10.2. The van der Waals surface area contributed by atoms with E-state index in [4.69, 9.17) is 4.74 Å². The molecule has 1 N–H and O–H groups in total. The van der Waals surface area contributed by atoms with Crippen molar-refractivity contribution < 1.29 is 14.3 Å². The highest BCUT2D eigenvalue weighted by Gasteiger charge is 2.22. The summed E-state index contributed by atoms with van der Waals surface area (Å²) in [4.78, 5) is 25.5. The molecular formula is C18H18N2O3S2. The second-order valence-electron chi connectivity index (χ2n) is 5.24. The number of anilines is 1. The summed E-state index contributed by atoms with van der Waals surface area (Å²) in [6, 6.07) is 9.95. The summed E-state index contributed by atoms with van der Waals surface area (Å²) in [6.07, 6.45) is 0. The van der Waals surface area contributed by atoms with Crippen LogP contribution in [0.15, 0.2) is 29.2 Å². The fraction of sp³-hybridized carbons (Fsp3) is 0.278. The third-order valence-corrected chi connectivity index (χ3v) is 5.56. The van der Waals surface area contributed by atoms with E-state index in [0.717, 1.165) is 21.8 Å². The summed E-state index contributed by atoms with van der Waals surface area (Å²) in [5.74, 6) is -0.477. The van der Waals surface area contributed by atoms with E-state index < -0.39 is 5.97 Å². The van der Waals surface area contributed by atoms with E-state index in [1.54, 1.807) is 13.8 Å². The highest BCUT2D eigenvalue weighted by molar-refractivity contribution is 8.00. The van der Waals surface area contributed by atoms with Gasteiger partial charge in [0.1, 0.15) is 15.9 Å². The molecule has 130 valence electrons. The first kappa shape index (κ1) is 19.0. The van der Waals surface area contributed by atoms with Crippen LogP contribution in [0.4, 0.5) is 5.00 Å². The number of amides is 1. The number of hydrogen-bond donors (Lipinski definition) is 1. The molecular weight excluding hydrogens is 356 g/mol. The van der Waals surface area contributed by atoms with Crippen molar-refractivity contribution in [2.45, 2.75) is 25.7 Å². The zero-order valence-corrected chi connectivity index (χ0v) is 15.8. The Balaban J connectivity index is 2.07. The van der Waals surface area contributed by atoms with Crippen molar-refractivity contribution in [3.05, 3.63) is 45.8 Å². The Kier molecular flexibility index (Phi) is 6.62. The molecule has 0 saturated carbocycles. The second kappa shape index (κ2) is 8.70. The molecule has 0 radical (unpaired) electrons. The molecule has 0 aliphatic rings. The highest BCUT2D eigenvalue weighted by atomic mass is 32.2. The smallest absolute Gasteiger partial charge is 0.348 e. The van der Waals surface area contributed by atoms with Crippen molar-refractivity contribution in [3.8, 4) is 6.07 Å². The lowest BCUT2D eigenvalue weighted by molar-refractivity contribution is -0.113. The number of nitriles is 1. The Morgan fingerprint density at radius 2 is 1.96 bits per heavy atom. The number of rotatable bonds is 6. The van der Waals surface area contributed by atoms with Crippen LogP contribution in [0.25, 0.3) is 0 Å². The van der Waals surface area contributed by atoms with Crippen molar-refractivity contribution >= 4 is 40.0 Å². The van der Waals surface area contributed by atoms with Gasteiger partial charge in [-0.05, 0) is 38.5 Å². The third-order valence-electron chi connectivity index (χ3n) is 3.36. The molecule has 2 aromatic rings. The number of ether oxygens (including phenoxy) is 1. The van der Waals surface area contributed by atoms with Crippen molar-refractivity contribution in [3.63, 3.8) is 0 Å². The predicted molar refractivity (Wildman–Crippen MR) is 100 cm³/mol. The molecule has 1 amide bonds. The van der Waals surface area contributed by atoms with Crippen LogP contribution >= 0.6 is 23.1 Å². The van der Waals surface area contributed by atoms with Crippen LogP contribution in [0.5, 0.6) is 0 Å². The minimum atomic E-state index is -0.476. The Bertz CT molecular complexity index is 820. The number of thiophene rings is 1. The van der Waals surface area contributed by atoms with Gasteiger partial charge in [-0.25, -0.2) is 4.79 Å². The molecule has 1 heterocycles. The number of thioether (sulfide) groups is 1. The van der Waals surface area contributed by atoms with E-state index in [1.807, 2.05) is 37.3 Å². The minimum absolute atomic E-state index is 0.222. The van der Waals surface area contributed by atoms with Crippen LogP contribution < -0.4 is 5.32 Å². The molecule has 0 saturated heterocycles. The number of nitrogens with one attached hydrogen (secondary N) is 1. The van der Waals surface area contributed by atoms with Crippen LogP contribution in [0, 0.1) is 25.2 Å². The van der Waals surface area contributed by atoms with Gasteiger partial charge in [-0.1, -0.05) is 17.7 Å². The van der Waals surface area contributed by atoms with Gasteiger partial charge in [-0.2, -0.15) is 5.26 Å². The summed E-state index contributed by atoms with van der Waals surface area (Å²) in [7, 11) is 0. The maximum Gasteiger partial charge on any atom is 0.348 e. The molecule has 0 fully saturated rings. The maximum absolute atomic E-state index is 12.2. The molecule has 1 aromatic heterocycles. The number of carbonyl (C=O) groups excluding carboxylic acids is 2. The van der Waals surface area contributed by atoms with Gasteiger partial charge in [0.25, 0.3) is 0 Å². The van der Waals surface area contributed by atoms with E-state index in [2.05, 4.69) is 5.32 Å². The van der Waals surface area contributed by atoms with Gasteiger partial charge < -0.3 is 10.1 Å². The Labute approximate surface area is 155 Å². The van der Waals surface area contributed by atoms with Gasteiger partial charge >= 0.3 is 5.97 Å². The summed E-state index contributed by atoms with van der Waals surface area (Å²) in [6.45, 7) is 5.66. The number of esters is 1. The number of hydrogen-bond acceptors (Lipinski definition) is 6. The first-order chi connectivity index (χ1) is 12.0. The van der Waals surface area contributed by atoms with Crippen LogP contribution in [-0.2, 0) is 9.53 Å². The van der Waals surface area contributed by atoms with Crippen LogP contribution in [0.3, 0.4) is 0 Å². The van der Waals surface area contributed by atoms with E-state index in [0.29, 0.717) is 21.0 Å². The number of benzene rings is 1. The van der Waals surface area contributed by atoms with Crippen LogP contribution in [0.2, 0.25) is 0 Å². The van der Waals surface area contributed by atoms with Crippen molar-refractivity contribution in [2.24, 2.45) is 0 Å².